The third-order valence-electron chi connectivity index (χ3n) is 4.22. The fraction of sp³-hybridized carbons (Fsp3) is 0.929. The summed E-state index contributed by atoms with van der Waals surface area (Å²) in [6, 6.07) is 0.762. The number of likely N-dealkylation sites (tertiary alicyclic amines) is 1. The quantitative estimate of drug-likeness (QED) is 0.744. The van der Waals surface area contributed by atoms with E-state index in [2.05, 4.69) is 10.2 Å². The SMILES string of the molecule is NC1CCN(CC(=O)NC2CCCCCC2)CC1. The molecule has 1 amide bonds. The first-order chi connectivity index (χ1) is 8.74. The van der Waals surface area contributed by atoms with Crippen molar-refractivity contribution in [1.82, 2.24) is 10.2 Å². The minimum absolute atomic E-state index is 0.206. The summed E-state index contributed by atoms with van der Waals surface area (Å²) in [5.74, 6) is 0.206. The lowest BCUT2D eigenvalue weighted by molar-refractivity contribution is -0.123. The molecule has 2 rings (SSSR count). The summed E-state index contributed by atoms with van der Waals surface area (Å²) in [4.78, 5) is 14.2. The molecule has 0 aromatic carbocycles. The van der Waals surface area contributed by atoms with Gasteiger partial charge in [-0.05, 0) is 25.7 Å². The van der Waals surface area contributed by atoms with Crippen molar-refractivity contribution in [2.45, 2.75) is 63.5 Å². The number of carbonyl (C=O) groups is 1. The van der Waals surface area contributed by atoms with Crippen LogP contribution in [0.2, 0.25) is 0 Å². The summed E-state index contributed by atoms with van der Waals surface area (Å²) in [6.07, 6.45) is 9.57. The second kappa shape index (κ2) is 7.10. The normalized spacial score (nSPS) is 24.7. The van der Waals surface area contributed by atoms with Gasteiger partial charge in [0.25, 0.3) is 0 Å². The maximum absolute atomic E-state index is 12.0. The lowest BCUT2D eigenvalue weighted by Gasteiger charge is -2.30. The second-order valence-corrected chi connectivity index (χ2v) is 5.87. The van der Waals surface area contributed by atoms with Gasteiger partial charge in [-0.25, -0.2) is 0 Å². The number of hydrogen-bond donors (Lipinski definition) is 2. The molecule has 1 saturated heterocycles. The molecule has 1 saturated carbocycles. The van der Waals surface area contributed by atoms with E-state index >= 15 is 0 Å². The van der Waals surface area contributed by atoms with Gasteiger partial charge in [0.05, 0.1) is 6.54 Å². The maximum Gasteiger partial charge on any atom is 0.234 e. The molecule has 1 heterocycles. The Morgan fingerprint density at radius 1 is 1.06 bits per heavy atom. The lowest BCUT2D eigenvalue weighted by Crippen LogP contribution is -2.46. The highest BCUT2D eigenvalue weighted by Gasteiger charge is 2.20. The average molecular weight is 253 g/mol. The second-order valence-electron chi connectivity index (χ2n) is 5.87. The molecule has 0 aromatic heterocycles. The van der Waals surface area contributed by atoms with Gasteiger partial charge in [-0.2, -0.15) is 0 Å². The van der Waals surface area contributed by atoms with E-state index in [0.717, 1.165) is 38.8 Å². The molecule has 4 heteroatoms. The van der Waals surface area contributed by atoms with Crippen LogP contribution in [0.25, 0.3) is 0 Å². The van der Waals surface area contributed by atoms with E-state index in [9.17, 15) is 4.79 Å². The van der Waals surface area contributed by atoms with Crippen molar-refractivity contribution in [3.63, 3.8) is 0 Å². The minimum Gasteiger partial charge on any atom is -0.352 e. The van der Waals surface area contributed by atoms with Crippen LogP contribution >= 0.6 is 0 Å². The molecular weight excluding hydrogens is 226 g/mol. The number of nitrogens with zero attached hydrogens (tertiary/aromatic N) is 1. The van der Waals surface area contributed by atoms with Crippen molar-refractivity contribution in [3.05, 3.63) is 0 Å². The Hall–Kier alpha value is -0.610. The zero-order valence-corrected chi connectivity index (χ0v) is 11.4. The van der Waals surface area contributed by atoms with Gasteiger partial charge >= 0.3 is 0 Å². The smallest absolute Gasteiger partial charge is 0.234 e. The first-order valence-electron chi connectivity index (χ1n) is 7.51. The number of nitrogens with one attached hydrogen (secondary N) is 1. The van der Waals surface area contributed by atoms with E-state index in [1.54, 1.807) is 0 Å². The van der Waals surface area contributed by atoms with Crippen LogP contribution in [-0.2, 0) is 4.79 Å². The first kappa shape index (κ1) is 13.8. The highest BCUT2D eigenvalue weighted by molar-refractivity contribution is 5.78. The number of nitrogens with two attached hydrogens (primary N) is 1. The minimum atomic E-state index is 0.206. The van der Waals surface area contributed by atoms with E-state index in [4.69, 9.17) is 5.73 Å². The van der Waals surface area contributed by atoms with Crippen LogP contribution in [0, 0.1) is 0 Å². The number of piperidine rings is 1. The molecule has 4 nitrogen and oxygen atoms in total. The Morgan fingerprint density at radius 3 is 2.28 bits per heavy atom. The summed E-state index contributed by atoms with van der Waals surface area (Å²) in [5, 5.41) is 3.21. The molecule has 3 N–H and O–H groups in total. The van der Waals surface area contributed by atoms with Crippen LogP contribution in [-0.4, -0.2) is 42.5 Å². The molecule has 0 bridgehead atoms. The van der Waals surface area contributed by atoms with E-state index in [0.29, 0.717) is 18.6 Å². The summed E-state index contributed by atoms with van der Waals surface area (Å²) in [6.45, 7) is 2.50. The van der Waals surface area contributed by atoms with Crippen molar-refractivity contribution >= 4 is 5.91 Å². The Labute approximate surface area is 110 Å². The van der Waals surface area contributed by atoms with Gasteiger partial charge < -0.3 is 11.1 Å². The monoisotopic (exact) mass is 253 g/mol. The first-order valence-corrected chi connectivity index (χ1v) is 7.51. The molecule has 0 radical (unpaired) electrons. The average Bonchev–Trinajstić information content (AvgIpc) is 2.61. The van der Waals surface area contributed by atoms with Crippen LogP contribution in [0.3, 0.4) is 0 Å². The molecule has 1 aliphatic carbocycles. The molecule has 0 aromatic rings. The van der Waals surface area contributed by atoms with Crippen molar-refractivity contribution in [3.8, 4) is 0 Å². The molecular formula is C14H27N3O. The predicted molar refractivity (Wildman–Crippen MR) is 73.3 cm³/mol. The third kappa shape index (κ3) is 4.58. The van der Waals surface area contributed by atoms with E-state index in [-0.39, 0.29) is 5.91 Å². The predicted octanol–water partition coefficient (Wildman–Crippen LogP) is 1.25. The van der Waals surface area contributed by atoms with Gasteiger partial charge in [0.1, 0.15) is 0 Å². The van der Waals surface area contributed by atoms with Gasteiger partial charge in [0.2, 0.25) is 5.91 Å². The van der Waals surface area contributed by atoms with Gasteiger partial charge in [0, 0.05) is 25.2 Å². The molecule has 18 heavy (non-hydrogen) atoms. The summed E-state index contributed by atoms with van der Waals surface area (Å²) in [5.41, 5.74) is 5.87. The molecule has 1 aliphatic heterocycles. The van der Waals surface area contributed by atoms with Gasteiger partial charge in [-0.15, -0.1) is 0 Å². The molecule has 0 unspecified atom stereocenters. The number of carbonyl (C=O) groups excluding carboxylic acids is 1. The number of rotatable bonds is 3. The summed E-state index contributed by atoms with van der Waals surface area (Å²) >= 11 is 0. The Morgan fingerprint density at radius 2 is 1.67 bits per heavy atom. The highest BCUT2D eigenvalue weighted by Crippen LogP contribution is 2.17. The number of amides is 1. The van der Waals surface area contributed by atoms with Crippen molar-refractivity contribution in [1.29, 1.82) is 0 Å². The van der Waals surface area contributed by atoms with E-state index < -0.39 is 0 Å². The van der Waals surface area contributed by atoms with Crippen molar-refractivity contribution < 1.29 is 4.79 Å². The zero-order valence-electron chi connectivity index (χ0n) is 11.4. The molecule has 0 spiro atoms. The standard InChI is InChI=1S/C14H27N3O/c15-12-7-9-17(10-8-12)11-14(18)16-13-5-3-1-2-4-6-13/h12-13H,1-11,15H2,(H,16,18). The topological polar surface area (TPSA) is 58.4 Å². The van der Waals surface area contributed by atoms with Gasteiger partial charge in [0.15, 0.2) is 0 Å². The van der Waals surface area contributed by atoms with Crippen LogP contribution in [0.4, 0.5) is 0 Å². The van der Waals surface area contributed by atoms with Crippen LogP contribution in [0.15, 0.2) is 0 Å². The van der Waals surface area contributed by atoms with Crippen LogP contribution in [0.5, 0.6) is 0 Å². The van der Waals surface area contributed by atoms with Gasteiger partial charge in [-0.1, -0.05) is 25.7 Å². The van der Waals surface area contributed by atoms with Gasteiger partial charge in [-0.3, -0.25) is 9.69 Å². The fourth-order valence-electron chi connectivity index (χ4n) is 3.01. The molecule has 104 valence electrons. The highest BCUT2D eigenvalue weighted by atomic mass is 16.2. The number of hydrogen-bond acceptors (Lipinski definition) is 3. The van der Waals surface area contributed by atoms with Crippen molar-refractivity contribution in [2.75, 3.05) is 19.6 Å². The van der Waals surface area contributed by atoms with E-state index in [1.165, 1.54) is 25.7 Å². The van der Waals surface area contributed by atoms with Crippen molar-refractivity contribution in [2.24, 2.45) is 5.73 Å². The largest absolute Gasteiger partial charge is 0.352 e. The summed E-state index contributed by atoms with van der Waals surface area (Å²) < 4.78 is 0. The third-order valence-corrected chi connectivity index (χ3v) is 4.22. The Bertz CT molecular complexity index is 254. The fourth-order valence-corrected chi connectivity index (χ4v) is 3.01. The van der Waals surface area contributed by atoms with E-state index in [1.807, 2.05) is 0 Å². The summed E-state index contributed by atoms with van der Waals surface area (Å²) in [7, 11) is 0. The lowest BCUT2D eigenvalue weighted by atomic mass is 10.1. The Kier molecular flexibility index (Phi) is 5.45. The maximum atomic E-state index is 12.0. The van der Waals surface area contributed by atoms with Crippen LogP contribution in [0.1, 0.15) is 51.4 Å². The zero-order chi connectivity index (χ0) is 12.8. The molecule has 0 atom stereocenters. The Balaban J connectivity index is 1.67. The van der Waals surface area contributed by atoms with Crippen LogP contribution < -0.4 is 11.1 Å². The molecule has 2 aliphatic rings. The molecule has 2 fully saturated rings.